The second-order valence-corrected chi connectivity index (χ2v) is 12.5. The summed E-state index contributed by atoms with van der Waals surface area (Å²) >= 11 is 0. The monoisotopic (exact) mass is 474 g/mol. The van der Waals surface area contributed by atoms with E-state index in [1.165, 1.54) is 11.3 Å². The molecule has 3 heterocycles. The van der Waals surface area contributed by atoms with E-state index < -0.39 is 7.14 Å². The Balaban J connectivity index is 1.40. The van der Waals surface area contributed by atoms with Gasteiger partial charge in [0.15, 0.2) is 5.82 Å². The van der Waals surface area contributed by atoms with Crippen LogP contribution in [0.3, 0.4) is 0 Å². The molecule has 1 fully saturated rings. The van der Waals surface area contributed by atoms with E-state index in [-0.39, 0.29) is 0 Å². The fourth-order valence-electron chi connectivity index (χ4n) is 4.41. The van der Waals surface area contributed by atoms with E-state index in [2.05, 4.69) is 51.4 Å². The van der Waals surface area contributed by atoms with Crippen LogP contribution in [0.1, 0.15) is 11.4 Å². The quantitative estimate of drug-likeness (QED) is 0.406. The molecule has 1 aliphatic heterocycles. The molecule has 1 saturated heterocycles. The highest BCUT2D eigenvalue weighted by atomic mass is 31.2. The third-order valence-electron chi connectivity index (χ3n) is 6.36. The first-order chi connectivity index (χ1) is 16.4. The number of hydrogen-bond donors (Lipinski definition) is 2. The number of rotatable bonds is 6. The number of aromatic nitrogens is 3. The molecule has 0 amide bonds. The van der Waals surface area contributed by atoms with Crippen LogP contribution in [0.5, 0.6) is 0 Å². The normalized spacial score (nSPS) is 15.1. The third-order valence-corrected chi connectivity index (χ3v) is 7.91. The van der Waals surface area contributed by atoms with Gasteiger partial charge in [-0.15, -0.1) is 0 Å². The lowest BCUT2D eigenvalue weighted by molar-refractivity contribution is 0.313. The van der Waals surface area contributed by atoms with Gasteiger partial charge in [-0.1, -0.05) is 24.3 Å². The van der Waals surface area contributed by atoms with E-state index in [0.717, 1.165) is 54.0 Å². The largest absolute Gasteiger partial charge is 0.369 e. The molecule has 0 unspecified atom stereocenters. The van der Waals surface area contributed by atoms with Crippen LogP contribution in [0.2, 0.25) is 0 Å². The first-order valence-electron chi connectivity index (χ1n) is 11.6. The highest BCUT2D eigenvalue weighted by Crippen LogP contribution is 2.38. The van der Waals surface area contributed by atoms with E-state index in [4.69, 9.17) is 9.97 Å². The van der Waals surface area contributed by atoms with Gasteiger partial charge in [-0.25, -0.2) is 9.97 Å². The Bertz CT molecular complexity index is 1340. The molecule has 0 spiro atoms. The summed E-state index contributed by atoms with van der Waals surface area (Å²) in [5, 5.41) is 4.24. The lowest BCUT2D eigenvalue weighted by Gasteiger charge is -2.34. The molecule has 1 aliphatic rings. The van der Waals surface area contributed by atoms with Crippen LogP contribution >= 0.6 is 7.14 Å². The van der Waals surface area contributed by atoms with Crippen LogP contribution < -0.4 is 15.5 Å². The van der Waals surface area contributed by atoms with Crippen LogP contribution in [0, 0.1) is 0 Å². The number of nitrogens with zero attached hydrogens (tertiary/aromatic N) is 4. The molecule has 7 nitrogen and oxygen atoms in total. The number of anilines is 3. The minimum atomic E-state index is -2.45. The van der Waals surface area contributed by atoms with Crippen molar-refractivity contribution in [1.82, 2.24) is 19.9 Å². The Morgan fingerprint density at radius 2 is 1.71 bits per heavy atom. The van der Waals surface area contributed by atoms with Crippen molar-refractivity contribution in [2.24, 2.45) is 0 Å². The Kier molecular flexibility index (Phi) is 6.15. The van der Waals surface area contributed by atoms with Crippen molar-refractivity contribution in [1.29, 1.82) is 0 Å². The molecule has 2 N–H and O–H groups in total. The maximum atomic E-state index is 12.8. The number of aromatic amines is 1. The molecule has 0 atom stereocenters. The number of benzene rings is 2. The summed E-state index contributed by atoms with van der Waals surface area (Å²) in [6.45, 7) is 7.88. The molecule has 0 aliphatic carbocycles. The van der Waals surface area contributed by atoms with Crippen LogP contribution in [0.4, 0.5) is 17.2 Å². The van der Waals surface area contributed by atoms with Gasteiger partial charge in [-0.2, -0.15) is 0 Å². The minimum absolute atomic E-state index is 0.639. The average Bonchev–Trinajstić information content (AvgIpc) is 3.29. The summed E-state index contributed by atoms with van der Waals surface area (Å²) in [7, 11) is -0.275. The van der Waals surface area contributed by atoms with Gasteiger partial charge in [0.1, 0.15) is 18.5 Å². The summed E-state index contributed by atoms with van der Waals surface area (Å²) in [4.78, 5) is 17.7. The van der Waals surface area contributed by atoms with E-state index in [9.17, 15) is 4.57 Å². The number of hydrogen-bond acceptors (Lipinski definition) is 6. The molecule has 2 aromatic heterocycles. The fraction of sp³-hybridized carbons (Fsp3) is 0.308. The van der Waals surface area contributed by atoms with Crippen molar-refractivity contribution < 1.29 is 4.57 Å². The van der Waals surface area contributed by atoms with Crippen LogP contribution in [-0.4, -0.2) is 66.4 Å². The van der Waals surface area contributed by atoms with Gasteiger partial charge in [0.2, 0.25) is 0 Å². The molecular formula is C26H31N6OP. The van der Waals surface area contributed by atoms with Crippen molar-refractivity contribution >= 4 is 40.7 Å². The van der Waals surface area contributed by atoms with Crippen molar-refractivity contribution in [3.05, 3.63) is 72.2 Å². The zero-order chi connectivity index (χ0) is 23.7. The molecule has 8 heteroatoms. The first-order valence-corrected chi connectivity index (χ1v) is 14.2. The van der Waals surface area contributed by atoms with Gasteiger partial charge in [-0.05, 0) is 56.3 Å². The number of para-hydroxylation sites is 1. The van der Waals surface area contributed by atoms with E-state index in [1.807, 2.05) is 36.5 Å². The number of H-pyrrole nitrogens is 1. The number of nitrogens with one attached hydrogen (secondary N) is 2. The first kappa shape index (κ1) is 22.6. The molecule has 34 heavy (non-hydrogen) atoms. The zero-order valence-electron chi connectivity index (χ0n) is 20.0. The summed E-state index contributed by atoms with van der Waals surface area (Å²) in [6.07, 6.45) is 2.51. The predicted octanol–water partition coefficient (Wildman–Crippen LogP) is 4.29. The van der Waals surface area contributed by atoms with Gasteiger partial charge < -0.3 is 24.7 Å². The molecule has 2 aromatic carbocycles. The highest BCUT2D eigenvalue weighted by molar-refractivity contribution is 7.70. The van der Waals surface area contributed by atoms with Crippen LogP contribution in [0.25, 0.3) is 11.0 Å². The van der Waals surface area contributed by atoms with Crippen molar-refractivity contribution in [3.8, 4) is 0 Å². The van der Waals surface area contributed by atoms with Crippen LogP contribution in [-0.2, 0) is 11.0 Å². The lowest BCUT2D eigenvalue weighted by atomic mass is 10.1. The van der Waals surface area contributed by atoms with Crippen LogP contribution in [0.15, 0.2) is 60.8 Å². The smallest absolute Gasteiger partial charge is 0.158 e. The summed E-state index contributed by atoms with van der Waals surface area (Å²) in [6, 6.07) is 18.4. The SMILES string of the molecule is CN1CCN(c2ccc(Cc3nc(Nc4ccccc4P(C)(C)=O)c4[nH]ccc4n3)cc2)CC1. The fourth-order valence-corrected chi connectivity index (χ4v) is 5.57. The van der Waals surface area contributed by atoms with E-state index >= 15 is 0 Å². The summed E-state index contributed by atoms with van der Waals surface area (Å²) < 4.78 is 12.8. The minimum Gasteiger partial charge on any atom is -0.369 e. The standard InChI is InChI=1S/C26H31N6OP/c1-31-14-16-32(17-15-31)20-10-8-19(9-11-20)18-24-28-22-12-13-27-25(22)26(30-24)29-21-6-4-5-7-23(21)34(2,3)33/h4-13,27H,14-18H2,1-3H3,(H,28,29,30). The van der Waals surface area contributed by atoms with Crippen molar-refractivity contribution in [2.45, 2.75) is 6.42 Å². The Hall–Kier alpha value is -3.15. The Morgan fingerprint density at radius 1 is 0.971 bits per heavy atom. The second-order valence-electron chi connectivity index (χ2n) is 9.35. The zero-order valence-corrected chi connectivity index (χ0v) is 20.8. The van der Waals surface area contributed by atoms with Crippen molar-refractivity contribution in [3.63, 3.8) is 0 Å². The molecule has 4 aromatic rings. The lowest BCUT2D eigenvalue weighted by Crippen LogP contribution is -2.44. The molecular weight excluding hydrogens is 443 g/mol. The molecule has 176 valence electrons. The Labute approximate surface area is 200 Å². The number of piperazine rings is 1. The second kappa shape index (κ2) is 9.24. The van der Waals surface area contributed by atoms with E-state index in [0.29, 0.717) is 12.2 Å². The van der Waals surface area contributed by atoms with E-state index in [1.54, 1.807) is 13.3 Å². The van der Waals surface area contributed by atoms with Crippen molar-refractivity contribution in [2.75, 3.05) is 56.8 Å². The van der Waals surface area contributed by atoms with Gasteiger partial charge in [-0.3, -0.25) is 0 Å². The van der Waals surface area contributed by atoms with Gasteiger partial charge >= 0.3 is 0 Å². The summed E-state index contributed by atoms with van der Waals surface area (Å²) in [5.41, 5.74) is 4.95. The summed E-state index contributed by atoms with van der Waals surface area (Å²) in [5.74, 6) is 1.44. The third kappa shape index (κ3) is 4.86. The average molecular weight is 475 g/mol. The Morgan fingerprint density at radius 3 is 2.44 bits per heavy atom. The molecule has 0 saturated carbocycles. The molecule has 0 radical (unpaired) electrons. The van der Waals surface area contributed by atoms with Gasteiger partial charge in [0.25, 0.3) is 0 Å². The number of fused-ring (bicyclic) bond motifs is 1. The van der Waals surface area contributed by atoms with Gasteiger partial charge in [0.05, 0.1) is 11.2 Å². The maximum Gasteiger partial charge on any atom is 0.158 e. The number of likely N-dealkylation sites (N-methyl/N-ethyl adjacent to an activating group) is 1. The molecule has 0 bridgehead atoms. The molecule has 5 rings (SSSR count). The topological polar surface area (TPSA) is 77.1 Å². The predicted molar refractivity (Wildman–Crippen MR) is 142 cm³/mol. The highest BCUT2D eigenvalue weighted by Gasteiger charge is 2.18. The van der Waals surface area contributed by atoms with Gasteiger partial charge in [0, 0.05) is 49.8 Å². The maximum absolute atomic E-state index is 12.8.